The Hall–Kier alpha value is -0.120. The lowest BCUT2D eigenvalue weighted by atomic mass is 9.88. The molecule has 3 unspecified atom stereocenters. The predicted molar refractivity (Wildman–Crippen MR) is 75.8 cm³/mol. The van der Waals surface area contributed by atoms with Gasteiger partial charge in [-0.1, -0.05) is 0 Å². The number of likely N-dealkylation sites (N-methyl/N-ethyl adjacent to an activating group) is 1. The second kappa shape index (κ2) is 5.89. The molecule has 0 amide bonds. The summed E-state index contributed by atoms with van der Waals surface area (Å²) < 4.78 is 0. The molecule has 3 heteroatoms. The molecule has 0 aromatic rings. The molecule has 0 aromatic heterocycles. The zero-order chi connectivity index (χ0) is 12.4. The van der Waals surface area contributed by atoms with E-state index in [-0.39, 0.29) is 0 Å². The van der Waals surface area contributed by atoms with Gasteiger partial charge in [0, 0.05) is 25.2 Å². The van der Waals surface area contributed by atoms with E-state index in [1.165, 1.54) is 71.2 Å². The molecule has 0 aliphatic carbocycles. The highest BCUT2D eigenvalue weighted by Gasteiger charge is 2.32. The molecular weight excluding hydrogens is 222 g/mol. The molecule has 3 nitrogen and oxygen atoms in total. The Morgan fingerprint density at radius 2 is 1.83 bits per heavy atom. The fourth-order valence-corrected chi connectivity index (χ4v) is 4.25. The predicted octanol–water partition coefficient (Wildman–Crippen LogP) is 1.54. The first kappa shape index (κ1) is 12.9. The summed E-state index contributed by atoms with van der Waals surface area (Å²) in [4.78, 5) is 5.33. The Balaban J connectivity index is 1.55. The van der Waals surface area contributed by atoms with Gasteiger partial charge in [0.2, 0.25) is 0 Å². The van der Waals surface area contributed by atoms with Gasteiger partial charge in [0.05, 0.1) is 0 Å². The summed E-state index contributed by atoms with van der Waals surface area (Å²) in [5, 5.41) is 3.72. The molecule has 0 bridgehead atoms. The summed E-state index contributed by atoms with van der Waals surface area (Å²) in [7, 11) is 2.28. The molecule has 3 aliphatic heterocycles. The summed E-state index contributed by atoms with van der Waals surface area (Å²) in [5.74, 6) is 0.925. The quantitative estimate of drug-likeness (QED) is 0.803. The average Bonchev–Trinajstić information content (AvgIpc) is 2.93. The molecule has 0 spiro atoms. The molecular formula is C15H29N3. The van der Waals surface area contributed by atoms with Crippen molar-refractivity contribution in [3.8, 4) is 0 Å². The fraction of sp³-hybridized carbons (Fsp3) is 1.00. The SMILES string of the molecule is CN1CCCC(N2CCCC(C3CCCN3)C2)C1. The van der Waals surface area contributed by atoms with Crippen molar-refractivity contribution in [2.45, 2.75) is 50.6 Å². The standard InChI is InChI=1S/C15H29N3/c1-17-9-4-6-14(12-17)18-10-3-5-13(11-18)15-7-2-8-16-15/h13-16H,2-12H2,1H3. The van der Waals surface area contributed by atoms with Crippen molar-refractivity contribution in [1.29, 1.82) is 0 Å². The van der Waals surface area contributed by atoms with Crippen LogP contribution in [-0.2, 0) is 0 Å². The van der Waals surface area contributed by atoms with Crippen molar-refractivity contribution in [1.82, 2.24) is 15.1 Å². The highest BCUT2D eigenvalue weighted by Crippen LogP contribution is 2.27. The summed E-state index contributed by atoms with van der Waals surface area (Å²) in [6, 6.07) is 1.67. The number of hydrogen-bond donors (Lipinski definition) is 1. The highest BCUT2D eigenvalue weighted by atomic mass is 15.2. The molecule has 0 aromatic carbocycles. The van der Waals surface area contributed by atoms with Gasteiger partial charge in [-0.05, 0) is 71.1 Å². The molecule has 3 rings (SSSR count). The summed E-state index contributed by atoms with van der Waals surface area (Å²) in [6.07, 6.45) is 8.51. The number of piperidine rings is 2. The highest BCUT2D eigenvalue weighted by molar-refractivity contribution is 4.89. The largest absolute Gasteiger partial charge is 0.314 e. The van der Waals surface area contributed by atoms with E-state index >= 15 is 0 Å². The third-order valence-electron chi connectivity index (χ3n) is 5.27. The van der Waals surface area contributed by atoms with E-state index in [1.54, 1.807) is 0 Å². The van der Waals surface area contributed by atoms with Crippen LogP contribution in [0.3, 0.4) is 0 Å². The Bertz CT molecular complexity index is 262. The van der Waals surface area contributed by atoms with E-state index in [4.69, 9.17) is 0 Å². The topological polar surface area (TPSA) is 18.5 Å². The van der Waals surface area contributed by atoms with Gasteiger partial charge in [0.1, 0.15) is 0 Å². The minimum absolute atomic E-state index is 0.828. The molecule has 3 atom stereocenters. The lowest BCUT2D eigenvalue weighted by Crippen LogP contribution is -2.52. The van der Waals surface area contributed by atoms with Crippen molar-refractivity contribution >= 4 is 0 Å². The van der Waals surface area contributed by atoms with Gasteiger partial charge in [-0.2, -0.15) is 0 Å². The summed E-state index contributed by atoms with van der Waals surface area (Å²) in [6.45, 7) is 6.56. The minimum atomic E-state index is 0.828. The van der Waals surface area contributed by atoms with Crippen LogP contribution in [0.15, 0.2) is 0 Å². The van der Waals surface area contributed by atoms with Crippen molar-refractivity contribution in [2.24, 2.45) is 5.92 Å². The van der Waals surface area contributed by atoms with Crippen molar-refractivity contribution in [3.05, 3.63) is 0 Å². The van der Waals surface area contributed by atoms with Gasteiger partial charge in [-0.25, -0.2) is 0 Å². The van der Waals surface area contributed by atoms with E-state index in [1.807, 2.05) is 0 Å². The lowest BCUT2D eigenvalue weighted by Gasteiger charge is -2.43. The van der Waals surface area contributed by atoms with Crippen molar-refractivity contribution < 1.29 is 0 Å². The number of hydrogen-bond acceptors (Lipinski definition) is 3. The molecule has 3 aliphatic rings. The Kier molecular flexibility index (Phi) is 4.22. The molecule has 104 valence electrons. The van der Waals surface area contributed by atoms with Crippen LogP contribution in [0.1, 0.15) is 38.5 Å². The van der Waals surface area contributed by atoms with Crippen molar-refractivity contribution in [2.75, 3.05) is 39.8 Å². The molecule has 3 saturated heterocycles. The second-order valence-corrected chi connectivity index (χ2v) is 6.66. The number of nitrogens with one attached hydrogen (secondary N) is 1. The average molecular weight is 251 g/mol. The first-order valence-corrected chi connectivity index (χ1v) is 7.99. The Labute approximate surface area is 112 Å². The van der Waals surface area contributed by atoms with Crippen molar-refractivity contribution in [3.63, 3.8) is 0 Å². The Morgan fingerprint density at radius 3 is 2.61 bits per heavy atom. The zero-order valence-electron chi connectivity index (χ0n) is 11.9. The molecule has 3 fully saturated rings. The molecule has 0 saturated carbocycles. The van der Waals surface area contributed by atoms with Crippen LogP contribution in [0.25, 0.3) is 0 Å². The van der Waals surface area contributed by atoms with Gasteiger partial charge < -0.3 is 10.2 Å². The number of rotatable bonds is 2. The van der Waals surface area contributed by atoms with Gasteiger partial charge in [-0.15, -0.1) is 0 Å². The Morgan fingerprint density at radius 1 is 0.944 bits per heavy atom. The van der Waals surface area contributed by atoms with Gasteiger partial charge in [0.15, 0.2) is 0 Å². The smallest absolute Gasteiger partial charge is 0.0223 e. The first-order valence-electron chi connectivity index (χ1n) is 7.99. The second-order valence-electron chi connectivity index (χ2n) is 6.66. The monoisotopic (exact) mass is 251 g/mol. The van der Waals surface area contributed by atoms with Gasteiger partial charge >= 0.3 is 0 Å². The van der Waals surface area contributed by atoms with Gasteiger partial charge in [-0.3, -0.25) is 4.90 Å². The maximum atomic E-state index is 3.72. The van der Waals surface area contributed by atoms with E-state index in [9.17, 15) is 0 Å². The zero-order valence-corrected chi connectivity index (χ0v) is 11.9. The third-order valence-corrected chi connectivity index (χ3v) is 5.27. The van der Waals surface area contributed by atoms with Crippen LogP contribution in [0.5, 0.6) is 0 Å². The maximum Gasteiger partial charge on any atom is 0.0223 e. The van der Waals surface area contributed by atoms with Crippen LogP contribution in [-0.4, -0.2) is 61.7 Å². The molecule has 1 N–H and O–H groups in total. The normalized spacial score (nSPS) is 40.2. The number of nitrogens with zero attached hydrogens (tertiary/aromatic N) is 2. The van der Waals surface area contributed by atoms with Crippen LogP contribution in [0, 0.1) is 5.92 Å². The summed E-state index contributed by atoms with van der Waals surface area (Å²) in [5.41, 5.74) is 0. The maximum absolute atomic E-state index is 3.72. The number of likely N-dealkylation sites (tertiary alicyclic amines) is 2. The first-order chi connectivity index (χ1) is 8.83. The molecule has 3 heterocycles. The molecule has 18 heavy (non-hydrogen) atoms. The van der Waals surface area contributed by atoms with E-state index in [2.05, 4.69) is 22.2 Å². The van der Waals surface area contributed by atoms with E-state index < -0.39 is 0 Å². The summed E-state index contributed by atoms with van der Waals surface area (Å²) >= 11 is 0. The third kappa shape index (κ3) is 2.89. The van der Waals surface area contributed by atoms with Crippen LogP contribution >= 0.6 is 0 Å². The van der Waals surface area contributed by atoms with E-state index in [0.717, 1.165) is 18.0 Å². The minimum Gasteiger partial charge on any atom is -0.314 e. The van der Waals surface area contributed by atoms with Crippen LogP contribution in [0.2, 0.25) is 0 Å². The van der Waals surface area contributed by atoms with Crippen LogP contribution in [0.4, 0.5) is 0 Å². The molecule has 0 radical (unpaired) electrons. The lowest BCUT2D eigenvalue weighted by molar-refractivity contribution is 0.0639. The van der Waals surface area contributed by atoms with Gasteiger partial charge in [0.25, 0.3) is 0 Å². The van der Waals surface area contributed by atoms with Crippen LogP contribution < -0.4 is 5.32 Å². The fourth-order valence-electron chi connectivity index (χ4n) is 4.25. The van der Waals surface area contributed by atoms with E-state index in [0.29, 0.717) is 0 Å².